The first-order valence-electron chi connectivity index (χ1n) is 8.21. The predicted molar refractivity (Wildman–Crippen MR) is 99.6 cm³/mol. The van der Waals surface area contributed by atoms with Gasteiger partial charge < -0.3 is 0 Å². The molecule has 0 spiro atoms. The van der Waals surface area contributed by atoms with Crippen molar-refractivity contribution < 1.29 is 4.39 Å². The molecule has 0 bridgehead atoms. The predicted octanol–water partition coefficient (Wildman–Crippen LogP) is 7.02. The Morgan fingerprint density at radius 2 is 1.35 bits per heavy atom. The molecule has 0 unspecified atom stereocenters. The highest BCUT2D eigenvalue weighted by molar-refractivity contribution is 9.10. The molecule has 3 heteroatoms. The third-order valence-corrected chi connectivity index (χ3v) is 4.61. The second-order valence-corrected chi connectivity index (χ2v) is 7.95. The molecule has 0 saturated heterocycles. The van der Waals surface area contributed by atoms with Gasteiger partial charge in [0.15, 0.2) is 0 Å². The highest BCUT2D eigenvalue weighted by atomic mass is 79.9. The van der Waals surface area contributed by atoms with Gasteiger partial charge in [-0.25, -0.2) is 4.98 Å². The zero-order chi connectivity index (χ0) is 17.3. The van der Waals surface area contributed by atoms with E-state index in [1.807, 2.05) is 6.07 Å². The van der Waals surface area contributed by atoms with Crippen LogP contribution in [-0.2, 0) is 0 Å². The SMILES string of the molecule is CC(C)c1cc(C(C)C)c(-c2cc(Br)cc(F)n2)c(C(C)C)c1. The molecule has 0 aliphatic rings. The van der Waals surface area contributed by atoms with Crippen LogP contribution in [0.15, 0.2) is 28.7 Å². The molecule has 0 aliphatic carbocycles. The summed E-state index contributed by atoms with van der Waals surface area (Å²) < 4.78 is 14.6. The van der Waals surface area contributed by atoms with Crippen molar-refractivity contribution in [3.05, 3.63) is 51.4 Å². The van der Waals surface area contributed by atoms with E-state index in [1.165, 1.54) is 22.8 Å². The molecule has 2 rings (SSSR count). The van der Waals surface area contributed by atoms with Crippen molar-refractivity contribution in [2.24, 2.45) is 0 Å². The Kier molecular flexibility index (Phi) is 5.61. The van der Waals surface area contributed by atoms with Gasteiger partial charge in [-0.2, -0.15) is 4.39 Å². The highest BCUT2D eigenvalue weighted by Crippen LogP contribution is 2.38. The first-order chi connectivity index (χ1) is 10.7. The molecule has 0 amide bonds. The minimum atomic E-state index is -0.452. The number of pyridine rings is 1. The lowest BCUT2D eigenvalue weighted by Crippen LogP contribution is -2.05. The summed E-state index contributed by atoms with van der Waals surface area (Å²) >= 11 is 3.39. The Morgan fingerprint density at radius 3 is 1.74 bits per heavy atom. The Balaban J connectivity index is 2.83. The third-order valence-electron chi connectivity index (χ3n) is 4.15. The number of aromatic nitrogens is 1. The molecule has 0 saturated carbocycles. The maximum Gasteiger partial charge on any atom is 0.214 e. The van der Waals surface area contributed by atoms with Crippen LogP contribution in [0.4, 0.5) is 4.39 Å². The molecule has 0 aliphatic heterocycles. The lowest BCUT2D eigenvalue weighted by Gasteiger charge is -2.22. The van der Waals surface area contributed by atoms with Crippen LogP contribution in [0.5, 0.6) is 0 Å². The van der Waals surface area contributed by atoms with Gasteiger partial charge in [-0.1, -0.05) is 69.6 Å². The molecular formula is C20H25BrFN. The van der Waals surface area contributed by atoms with Crippen LogP contribution in [-0.4, -0.2) is 4.98 Å². The molecule has 1 aromatic heterocycles. The highest BCUT2D eigenvalue weighted by Gasteiger charge is 2.20. The quantitative estimate of drug-likeness (QED) is 0.521. The van der Waals surface area contributed by atoms with Crippen LogP contribution >= 0.6 is 15.9 Å². The average molecular weight is 378 g/mol. The van der Waals surface area contributed by atoms with Crippen molar-refractivity contribution in [3.8, 4) is 11.3 Å². The molecular weight excluding hydrogens is 353 g/mol. The van der Waals surface area contributed by atoms with Crippen LogP contribution in [0.3, 0.4) is 0 Å². The van der Waals surface area contributed by atoms with Crippen LogP contribution in [0, 0.1) is 5.95 Å². The summed E-state index contributed by atoms with van der Waals surface area (Å²) in [5.41, 5.74) is 5.60. The lowest BCUT2D eigenvalue weighted by atomic mass is 9.83. The molecule has 23 heavy (non-hydrogen) atoms. The van der Waals surface area contributed by atoms with Gasteiger partial charge in [-0.15, -0.1) is 0 Å². The van der Waals surface area contributed by atoms with Gasteiger partial charge in [0.1, 0.15) is 0 Å². The molecule has 2 aromatic rings. The largest absolute Gasteiger partial charge is 0.220 e. The molecule has 124 valence electrons. The zero-order valence-corrected chi connectivity index (χ0v) is 16.3. The molecule has 0 fully saturated rings. The minimum absolute atomic E-state index is 0.352. The number of hydrogen-bond donors (Lipinski definition) is 0. The first-order valence-corrected chi connectivity index (χ1v) is 9.01. The van der Waals surface area contributed by atoms with E-state index in [-0.39, 0.29) is 0 Å². The summed E-state index contributed by atoms with van der Waals surface area (Å²) in [5.74, 6) is 0.716. The number of nitrogens with zero attached hydrogens (tertiary/aromatic N) is 1. The van der Waals surface area contributed by atoms with Gasteiger partial charge in [0.2, 0.25) is 5.95 Å². The maximum atomic E-state index is 13.8. The smallest absolute Gasteiger partial charge is 0.214 e. The average Bonchev–Trinajstić information content (AvgIpc) is 2.44. The van der Waals surface area contributed by atoms with E-state index in [0.717, 1.165) is 10.0 Å². The van der Waals surface area contributed by atoms with Gasteiger partial charge in [-0.3, -0.25) is 0 Å². The van der Waals surface area contributed by atoms with E-state index < -0.39 is 5.95 Å². The fourth-order valence-electron chi connectivity index (χ4n) is 2.85. The van der Waals surface area contributed by atoms with Crippen molar-refractivity contribution in [3.63, 3.8) is 0 Å². The minimum Gasteiger partial charge on any atom is -0.220 e. The summed E-state index contributed by atoms with van der Waals surface area (Å²) in [7, 11) is 0. The second-order valence-electron chi connectivity index (χ2n) is 7.03. The standard InChI is InChI=1S/C20H25BrFN/c1-11(2)14-7-16(12(3)4)20(17(8-14)13(5)6)18-9-15(21)10-19(22)23-18/h7-13H,1-6H3. The van der Waals surface area contributed by atoms with E-state index in [9.17, 15) is 4.39 Å². The normalized spacial score (nSPS) is 11.8. The molecule has 0 atom stereocenters. The topological polar surface area (TPSA) is 12.9 Å². The summed E-state index contributed by atoms with van der Waals surface area (Å²) in [6, 6.07) is 7.83. The van der Waals surface area contributed by atoms with Gasteiger partial charge >= 0.3 is 0 Å². The Bertz CT molecular complexity index is 656. The van der Waals surface area contributed by atoms with E-state index in [4.69, 9.17) is 0 Å². The van der Waals surface area contributed by atoms with E-state index >= 15 is 0 Å². The summed E-state index contributed by atoms with van der Waals surface area (Å²) in [4.78, 5) is 4.17. The van der Waals surface area contributed by atoms with Crippen LogP contribution in [0.25, 0.3) is 11.3 Å². The van der Waals surface area contributed by atoms with Gasteiger partial charge in [-0.05, 0) is 40.5 Å². The fourth-order valence-corrected chi connectivity index (χ4v) is 3.25. The van der Waals surface area contributed by atoms with Crippen molar-refractivity contribution in [2.75, 3.05) is 0 Å². The van der Waals surface area contributed by atoms with Gasteiger partial charge in [0.25, 0.3) is 0 Å². The Hall–Kier alpha value is -1.22. The number of hydrogen-bond acceptors (Lipinski definition) is 1. The number of halogens is 2. The molecule has 1 heterocycles. The number of rotatable bonds is 4. The van der Waals surface area contributed by atoms with Crippen molar-refractivity contribution >= 4 is 15.9 Å². The van der Waals surface area contributed by atoms with Gasteiger partial charge in [0.05, 0.1) is 5.69 Å². The van der Waals surface area contributed by atoms with Gasteiger partial charge in [0, 0.05) is 16.1 Å². The molecule has 0 N–H and O–H groups in total. The van der Waals surface area contributed by atoms with E-state index in [2.05, 4.69) is 74.6 Å². The van der Waals surface area contributed by atoms with Crippen LogP contribution in [0.2, 0.25) is 0 Å². The third kappa shape index (κ3) is 4.00. The zero-order valence-electron chi connectivity index (χ0n) is 14.7. The summed E-state index contributed by atoms with van der Waals surface area (Å²) in [5, 5.41) is 0. The lowest BCUT2D eigenvalue weighted by molar-refractivity contribution is 0.584. The van der Waals surface area contributed by atoms with Crippen molar-refractivity contribution in [1.29, 1.82) is 0 Å². The second kappa shape index (κ2) is 7.12. The van der Waals surface area contributed by atoms with E-state index in [1.54, 1.807) is 0 Å². The maximum absolute atomic E-state index is 13.8. The first kappa shape index (κ1) is 18.1. The molecule has 1 nitrogen and oxygen atoms in total. The molecule has 0 radical (unpaired) electrons. The van der Waals surface area contributed by atoms with Crippen molar-refractivity contribution in [1.82, 2.24) is 4.98 Å². The Morgan fingerprint density at radius 1 is 0.826 bits per heavy atom. The van der Waals surface area contributed by atoms with Crippen molar-refractivity contribution in [2.45, 2.75) is 59.3 Å². The van der Waals surface area contributed by atoms with E-state index in [0.29, 0.717) is 23.4 Å². The fraction of sp³-hybridized carbons (Fsp3) is 0.450. The summed E-state index contributed by atoms with van der Waals surface area (Å²) in [6.07, 6.45) is 0. The summed E-state index contributed by atoms with van der Waals surface area (Å²) in [6.45, 7) is 13.1. The van der Waals surface area contributed by atoms with Crippen LogP contribution in [0.1, 0.15) is 76.0 Å². The Labute approximate surface area is 147 Å². The molecule has 1 aromatic carbocycles. The van der Waals surface area contributed by atoms with Crippen LogP contribution < -0.4 is 0 Å². The number of benzene rings is 1. The monoisotopic (exact) mass is 377 g/mol.